The fourth-order valence-electron chi connectivity index (χ4n) is 3.99. The van der Waals surface area contributed by atoms with Crippen LogP contribution in [0.2, 0.25) is 0 Å². The van der Waals surface area contributed by atoms with Crippen molar-refractivity contribution in [2.45, 2.75) is 13.0 Å². The van der Waals surface area contributed by atoms with Crippen LogP contribution in [0.25, 0.3) is 22.0 Å². The van der Waals surface area contributed by atoms with Crippen LogP contribution in [-0.2, 0) is 20.0 Å². The fourth-order valence-corrected chi connectivity index (χ4v) is 3.99. The van der Waals surface area contributed by atoms with Gasteiger partial charge in [-0.05, 0) is 29.3 Å². The average molecular weight is 424 g/mol. The molecule has 0 unspecified atom stereocenters. The monoisotopic (exact) mass is 424 g/mol. The number of ketones is 1. The van der Waals surface area contributed by atoms with Crippen molar-refractivity contribution in [3.8, 4) is 11.1 Å². The van der Waals surface area contributed by atoms with Crippen molar-refractivity contribution in [2.75, 3.05) is 0 Å². The number of carbonyl (C=O) groups is 1. The minimum atomic E-state index is -0.285. The van der Waals surface area contributed by atoms with E-state index in [4.69, 9.17) is 0 Å². The highest BCUT2D eigenvalue weighted by Gasteiger charge is 2.17. The molecule has 0 bridgehead atoms. The molecule has 0 atom stereocenters. The van der Waals surface area contributed by atoms with Crippen LogP contribution < -0.4 is 0 Å². The first kappa shape index (κ1) is 19.9. The van der Waals surface area contributed by atoms with Gasteiger partial charge in [0, 0.05) is 65.8 Å². The van der Waals surface area contributed by atoms with Gasteiger partial charge in [-0.15, -0.1) is 0 Å². The lowest BCUT2D eigenvalue weighted by molar-refractivity contribution is 0.0994. The number of rotatable bonds is 6. The first-order chi connectivity index (χ1) is 15.6. The summed E-state index contributed by atoms with van der Waals surface area (Å²) < 4.78 is 18.6. The highest BCUT2D eigenvalue weighted by Crippen LogP contribution is 2.26. The maximum atomic E-state index is 15.0. The largest absolute Gasteiger partial charge is 0.342 e. The molecule has 5 aromatic rings. The second-order valence-electron chi connectivity index (χ2n) is 7.86. The molecular formula is C26H21FN4O. The maximum absolute atomic E-state index is 15.0. The number of hydrogen-bond donors (Lipinski definition) is 0. The van der Waals surface area contributed by atoms with Gasteiger partial charge in [0.2, 0.25) is 0 Å². The Labute approximate surface area is 184 Å². The highest BCUT2D eigenvalue weighted by atomic mass is 19.1. The van der Waals surface area contributed by atoms with Gasteiger partial charge in [0.25, 0.3) is 0 Å². The number of hydrogen-bond acceptors (Lipinski definition) is 3. The standard InChI is InChI=1S/C26H21FN4O/c1-30-15-21(14-29-30)19-8-9-20(24(27)12-19)16-31-17-23(22-6-2-3-7-25(22)31)26(32)11-18-5-4-10-28-13-18/h2-10,12-15,17H,11,16H2,1H3. The van der Waals surface area contributed by atoms with Crippen molar-refractivity contribution in [1.29, 1.82) is 0 Å². The number of pyridine rings is 1. The summed E-state index contributed by atoms with van der Waals surface area (Å²) in [7, 11) is 1.83. The Hall–Kier alpha value is -4.06. The summed E-state index contributed by atoms with van der Waals surface area (Å²) in [6.07, 6.45) is 9.07. The van der Waals surface area contributed by atoms with Crippen LogP contribution in [0, 0.1) is 5.82 Å². The molecule has 0 aliphatic rings. The van der Waals surface area contributed by atoms with E-state index in [0.717, 1.165) is 27.6 Å². The van der Waals surface area contributed by atoms with Gasteiger partial charge in [0.1, 0.15) is 5.82 Å². The molecule has 0 spiro atoms. The lowest BCUT2D eigenvalue weighted by atomic mass is 10.0. The van der Waals surface area contributed by atoms with E-state index in [1.54, 1.807) is 29.3 Å². The molecule has 0 aliphatic carbocycles. The summed E-state index contributed by atoms with van der Waals surface area (Å²) in [5, 5.41) is 5.02. The Morgan fingerprint density at radius 2 is 1.88 bits per heavy atom. The predicted molar refractivity (Wildman–Crippen MR) is 122 cm³/mol. The molecule has 5 nitrogen and oxygen atoms in total. The first-order valence-corrected chi connectivity index (χ1v) is 10.4. The molecule has 158 valence electrons. The zero-order valence-corrected chi connectivity index (χ0v) is 17.6. The van der Waals surface area contributed by atoms with Crippen molar-refractivity contribution in [3.05, 3.63) is 108 Å². The van der Waals surface area contributed by atoms with Gasteiger partial charge >= 0.3 is 0 Å². The average Bonchev–Trinajstić information content (AvgIpc) is 3.40. The number of halogens is 1. The highest BCUT2D eigenvalue weighted by molar-refractivity contribution is 6.08. The summed E-state index contributed by atoms with van der Waals surface area (Å²) in [6.45, 7) is 0.333. The zero-order valence-electron chi connectivity index (χ0n) is 17.6. The van der Waals surface area contributed by atoms with Gasteiger partial charge in [0.15, 0.2) is 5.78 Å². The van der Waals surface area contributed by atoms with E-state index in [1.807, 2.05) is 66.5 Å². The minimum absolute atomic E-state index is 0.0142. The van der Waals surface area contributed by atoms with Crippen molar-refractivity contribution < 1.29 is 9.18 Å². The smallest absolute Gasteiger partial charge is 0.169 e. The number of para-hydroxylation sites is 1. The van der Waals surface area contributed by atoms with Gasteiger partial charge in [-0.3, -0.25) is 14.5 Å². The van der Waals surface area contributed by atoms with Crippen molar-refractivity contribution in [2.24, 2.45) is 7.05 Å². The molecule has 6 heteroatoms. The van der Waals surface area contributed by atoms with Gasteiger partial charge in [-0.25, -0.2) is 4.39 Å². The summed E-state index contributed by atoms with van der Waals surface area (Å²) in [5.74, 6) is -0.271. The molecular weight excluding hydrogens is 403 g/mol. The Balaban J connectivity index is 1.47. The topological polar surface area (TPSA) is 52.7 Å². The number of aromatic nitrogens is 4. The lowest BCUT2D eigenvalue weighted by Crippen LogP contribution is -2.04. The summed E-state index contributed by atoms with van der Waals surface area (Å²) >= 11 is 0. The summed E-state index contributed by atoms with van der Waals surface area (Å²) in [6, 6.07) is 16.7. The van der Waals surface area contributed by atoms with E-state index in [-0.39, 0.29) is 18.0 Å². The molecule has 0 N–H and O–H groups in total. The molecule has 32 heavy (non-hydrogen) atoms. The van der Waals surface area contributed by atoms with Gasteiger partial charge in [-0.2, -0.15) is 5.10 Å². The molecule has 0 saturated heterocycles. The Morgan fingerprint density at radius 3 is 2.62 bits per heavy atom. The maximum Gasteiger partial charge on any atom is 0.169 e. The van der Waals surface area contributed by atoms with Crippen LogP contribution >= 0.6 is 0 Å². The molecule has 2 aromatic carbocycles. The number of fused-ring (bicyclic) bond motifs is 1. The number of carbonyl (C=O) groups excluding carboxylic acids is 1. The van der Waals surface area contributed by atoms with Crippen molar-refractivity contribution in [1.82, 2.24) is 19.3 Å². The van der Waals surface area contributed by atoms with E-state index >= 15 is 0 Å². The van der Waals surface area contributed by atoms with E-state index in [1.165, 1.54) is 6.07 Å². The molecule has 5 rings (SSSR count). The van der Waals surface area contributed by atoms with E-state index in [0.29, 0.717) is 17.7 Å². The van der Waals surface area contributed by atoms with Crippen LogP contribution in [0.4, 0.5) is 4.39 Å². The van der Waals surface area contributed by atoms with E-state index in [9.17, 15) is 9.18 Å². The third kappa shape index (κ3) is 3.83. The normalized spacial score (nSPS) is 11.2. The number of nitrogens with zero attached hydrogens (tertiary/aromatic N) is 4. The molecule has 0 amide bonds. The SMILES string of the molecule is Cn1cc(-c2ccc(Cn3cc(C(=O)Cc4cccnc4)c4ccccc43)c(F)c2)cn1. The van der Waals surface area contributed by atoms with Crippen LogP contribution in [0.3, 0.4) is 0 Å². The molecule has 0 aliphatic heterocycles. The summed E-state index contributed by atoms with van der Waals surface area (Å²) in [5.41, 5.74) is 4.61. The van der Waals surface area contributed by atoms with Crippen LogP contribution in [0.1, 0.15) is 21.5 Å². The summed E-state index contributed by atoms with van der Waals surface area (Å²) in [4.78, 5) is 17.1. The van der Waals surface area contributed by atoms with E-state index in [2.05, 4.69) is 10.1 Å². The van der Waals surface area contributed by atoms with Gasteiger partial charge < -0.3 is 4.57 Å². The molecule has 3 heterocycles. The number of aryl methyl sites for hydroxylation is 1. The Bertz CT molecular complexity index is 1420. The van der Waals surface area contributed by atoms with Gasteiger partial charge in [-0.1, -0.05) is 36.4 Å². The van der Waals surface area contributed by atoms with E-state index < -0.39 is 0 Å². The van der Waals surface area contributed by atoms with Gasteiger partial charge in [0.05, 0.1) is 12.7 Å². The number of benzene rings is 2. The first-order valence-electron chi connectivity index (χ1n) is 10.4. The molecule has 3 aromatic heterocycles. The fraction of sp³-hybridized carbons (Fsp3) is 0.115. The minimum Gasteiger partial charge on any atom is -0.342 e. The second-order valence-corrected chi connectivity index (χ2v) is 7.86. The van der Waals surface area contributed by atoms with Crippen LogP contribution in [0.15, 0.2) is 85.6 Å². The Morgan fingerprint density at radius 1 is 1.00 bits per heavy atom. The van der Waals surface area contributed by atoms with Crippen molar-refractivity contribution in [3.63, 3.8) is 0 Å². The lowest BCUT2D eigenvalue weighted by Gasteiger charge is -2.08. The third-order valence-electron chi connectivity index (χ3n) is 5.61. The molecule has 0 radical (unpaired) electrons. The van der Waals surface area contributed by atoms with Crippen LogP contribution in [0.5, 0.6) is 0 Å². The Kier molecular flexibility index (Phi) is 5.11. The zero-order chi connectivity index (χ0) is 22.1. The molecule has 0 fully saturated rings. The number of Topliss-reactive ketones (excluding diaryl/α,β-unsaturated/α-hetero) is 1. The predicted octanol–water partition coefficient (Wildman–Crippen LogP) is 5.05. The third-order valence-corrected chi connectivity index (χ3v) is 5.61. The second kappa shape index (κ2) is 8.23. The van der Waals surface area contributed by atoms with Crippen molar-refractivity contribution >= 4 is 16.7 Å². The van der Waals surface area contributed by atoms with Crippen LogP contribution in [-0.4, -0.2) is 25.1 Å². The molecule has 0 saturated carbocycles. The quantitative estimate of drug-likeness (QED) is 0.359.